The number of aliphatic hydroxyl groups excluding tert-OH is 1. The lowest BCUT2D eigenvalue weighted by Gasteiger charge is -2.14. The van der Waals surface area contributed by atoms with Gasteiger partial charge >= 0.3 is 0 Å². The van der Waals surface area contributed by atoms with Crippen LogP contribution in [0.5, 0.6) is 0 Å². The Morgan fingerprint density at radius 1 is 0.977 bits per heavy atom. The molecule has 1 aliphatic rings. The molecule has 2 atom stereocenters. The van der Waals surface area contributed by atoms with Crippen LogP contribution in [-0.2, 0) is 10.5 Å². The fourth-order valence-electron chi connectivity index (χ4n) is 5.23. The molecular formula is C35H36N4O4S. The molecule has 9 heteroatoms. The summed E-state index contributed by atoms with van der Waals surface area (Å²) in [5.74, 6) is 0.460. The third-order valence-electron chi connectivity index (χ3n) is 7.62. The minimum atomic E-state index is -0.686. The highest BCUT2D eigenvalue weighted by Crippen LogP contribution is 2.35. The van der Waals surface area contributed by atoms with Crippen LogP contribution >= 0.6 is 11.8 Å². The highest BCUT2D eigenvalue weighted by Gasteiger charge is 2.27. The van der Waals surface area contributed by atoms with Crippen LogP contribution in [0.25, 0.3) is 11.6 Å². The molecular weight excluding hydrogens is 572 g/mol. The van der Waals surface area contributed by atoms with E-state index in [0.29, 0.717) is 50.7 Å². The van der Waals surface area contributed by atoms with E-state index in [1.807, 2.05) is 74.5 Å². The number of hydrogen-bond donors (Lipinski definition) is 5. The number of nitrogens with one attached hydrogen (secondary N) is 4. The SMILES string of the molecule is Cc1[nH]c(/C=C2\C(=O)Nc3ccc(C(=O)NC(C)c4ccccc4)cc32)c(C)c1C(=O)NCC(O)CSCc1ccccc1. The van der Waals surface area contributed by atoms with E-state index in [0.717, 1.165) is 11.3 Å². The van der Waals surface area contributed by atoms with E-state index in [1.165, 1.54) is 5.56 Å². The number of benzene rings is 3. The van der Waals surface area contributed by atoms with Crippen LogP contribution in [0, 0.1) is 13.8 Å². The molecule has 8 nitrogen and oxygen atoms in total. The smallest absolute Gasteiger partial charge is 0.256 e. The predicted molar refractivity (Wildman–Crippen MR) is 176 cm³/mol. The van der Waals surface area contributed by atoms with Crippen molar-refractivity contribution in [1.29, 1.82) is 0 Å². The summed E-state index contributed by atoms with van der Waals surface area (Å²) in [6.07, 6.45) is 1.03. The molecule has 0 fully saturated rings. The number of hydrogen-bond acceptors (Lipinski definition) is 5. The summed E-state index contributed by atoms with van der Waals surface area (Å²) in [5.41, 5.74) is 6.68. The quantitative estimate of drug-likeness (QED) is 0.141. The van der Waals surface area contributed by atoms with Gasteiger partial charge in [-0.05, 0) is 61.7 Å². The minimum absolute atomic E-state index is 0.130. The van der Waals surface area contributed by atoms with Gasteiger partial charge in [-0.25, -0.2) is 0 Å². The second-order valence-corrected chi connectivity index (χ2v) is 11.9. The first-order valence-electron chi connectivity index (χ1n) is 14.5. The molecule has 0 radical (unpaired) electrons. The molecule has 0 bridgehead atoms. The van der Waals surface area contributed by atoms with E-state index < -0.39 is 6.10 Å². The lowest BCUT2D eigenvalue weighted by Crippen LogP contribution is -2.33. The number of carbonyl (C=O) groups excluding carboxylic acids is 3. The zero-order valence-corrected chi connectivity index (χ0v) is 25.8. The Kier molecular flexibility index (Phi) is 9.67. The third-order valence-corrected chi connectivity index (χ3v) is 8.78. The molecule has 3 aromatic carbocycles. The van der Waals surface area contributed by atoms with Crippen molar-refractivity contribution in [3.05, 3.63) is 124 Å². The average molecular weight is 609 g/mol. The van der Waals surface area contributed by atoms with Crippen molar-refractivity contribution in [1.82, 2.24) is 15.6 Å². The summed E-state index contributed by atoms with van der Waals surface area (Å²) in [5, 5.41) is 19.1. The van der Waals surface area contributed by atoms with Crippen molar-refractivity contribution in [2.24, 2.45) is 0 Å². The van der Waals surface area contributed by atoms with E-state index in [1.54, 1.807) is 43.0 Å². The minimum Gasteiger partial charge on any atom is -0.390 e. The Balaban J connectivity index is 1.26. The van der Waals surface area contributed by atoms with Gasteiger partial charge < -0.3 is 26.0 Å². The summed E-state index contributed by atoms with van der Waals surface area (Å²) in [7, 11) is 0. The van der Waals surface area contributed by atoms with E-state index in [9.17, 15) is 19.5 Å². The average Bonchev–Trinajstić information content (AvgIpc) is 3.49. The number of aryl methyl sites for hydroxylation is 1. The maximum absolute atomic E-state index is 13.1. The van der Waals surface area contributed by atoms with Gasteiger partial charge in [0.25, 0.3) is 17.7 Å². The van der Waals surface area contributed by atoms with Gasteiger partial charge in [-0.1, -0.05) is 60.7 Å². The number of aromatic amines is 1. The second-order valence-electron chi connectivity index (χ2n) is 10.9. The zero-order chi connectivity index (χ0) is 31.2. The molecule has 3 amide bonds. The second kappa shape index (κ2) is 13.8. The first-order valence-corrected chi connectivity index (χ1v) is 15.7. The van der Waals surface area contributed by atoms with Gasteiger partial charge in [-0.3, -0.25) is 14.4 Å². The molecule has 44 heavy (non-hydrogen) atoms. The molecule has 0 saturated carbocycles. The predicted octanol–water partition coefficient (Wildman–Crippen LogP) is 5.64. The van der Waals surface area contributed by atoms with Crippen LogP contribution in [0.2, 0.25) is 0 Å². The van der Waals surface area contributed by atoms with Gasteiger partial charge in [-0.2, -0.15) is 11.8 Å². The number of carbonyl (C=O) groups is 3. The number of H-pyrrole nitrogens is 1. The van der Waals surface area contributed by atoms with E-state index in [4.69, 9.17) is 0 Å². The molecule has 0 spiro atoms. The van der Waals surface area contributed by atoms with Crippen LogP contribution < -0.4 is 16.0 Å². The van der Waals surface area contributed by atoms with Crippen molar-refractivity contribution in [2.75, 3.05) is 17.6 Å². The molecule has 5 N–H and O–H groups in total. The van der Waals surface area contributed by atoms with Crippen molar-refractivity contribution in [2.45, 2.75) is 38.7 Å². The summed E-state index contributed by atoms with van der Waals surface area (Å²) >= 11 is 1.61. The van der Waals surface area contributed by atoms with Crippen LogP contribution in [-0.4, -0.2) is 46.2 Å². The number of fused-ring (bicyclic) bond motifs is 1. The Morgan fingerprint density at radius 2 is 1.68 bits per heavy atom. The normalized spacial score (nSPS) is 14.5. The lowest BCUT2D eigenvalue weighted by atomic mass is 10.0. The van der Waals surface area contributed by atoms with E-state index >= 15 is 0 Å². The molecule has 226 valence electrons. The summed E-state index contributed by atoms with van der Waals surface area (Å²) in [4.78, 5) is 42.4. The molecule has 5 rings (SSSR count). The Bertz CT molecular complexity index is 1700. The molecule has 1 aromatic heterocycles. The van der Waals surface area contributed by atoms with Gasteiger partial charge in [0.1, 0.15) is 0 Å². The molecule has 1 aliphatic heterocycles. The maximum Gasteiger partial charge on any atom is 0.256 e. The Labute approximate surface area is 261 Å². The molecule has 4 aromatic rings. The van der Waals surface area contributed by atoms with E-state index in [2.05, 4.69) is 20.9 Å². The van der Waals surface area contributed by atoms with Crippen molar-refractivity contribution in [3.63, 3.8) is 0 Å². The number of aromatic nitrogens is 1. The number of thioether (sulfide) groups is 1. The van der Waals surface area contributed by atoms with E-state index in [-0.39, 0.29) is 30.3 Å². The topological polar surface area (TPSA) is 123 Å². The van der Waals surface area contributed by atoms with Crippen LogP contribution in [0.3, 0.4) is 0 Å². The first-order chi connectivity index (χ1) is 21.2. The number of aliphatic hydroxyl groups is 1. The van der Waals surface area contributed by atoms with Crippen molar-refractivity contribution >= 4 is 46.8 Å². The van der Waals surface area contributed by atoms with Gasteiger partial charge in [0.05, 0.1) is 23.3 Å². The van der Waals surface area contributed by atoms with Crippen LogP contribution in [0.15, 0.2) is 78.9 Å². The van der Waals surface area contributed by atoms with Gasteiger partial charge in [0.2, 0.25) is 0 Å². The highest BCUT2D eigenvalue weighted by molar-refractivity contribution is 7.98. The molecule has 2 heterocycles. The number of rotatable bonds is 11. The van der Waals surface area contributed by atoms with Gasteiger partial charge in [0, 0.05) is 46.3 Å². The fourth-order valence-corrected chi connectivity index (χ4v) is 6.16. The summed E-state index contributed by atoms with van der Waals surface area (Å²) in [6, 6.07) is 24.7. The Hall–Kier alpha value is -4.60. The largest absolute Gasteiger partial charge is 0.390 e. The zero-order valence-electron chi connectivity index (χ0n) is 24.9. The van der Waals surface area contributed by atoms with Gasteiger partial charge in [-0.15, -0.1) is 0 Å². The van der Waals surface area contributed by atoms with Crippen LogP contribution in [0.1, 0.15) is 67.3 Å². The molecule has 0 saturated heterocycles. The number of amides is 3. The monoisotopic (exact) mass is 608 g/mol. The number of anilines is 1. The first kappa shape index (κ1) is 30.8. The van der Waals surface area contributed by atoms with Gasteiger partial charge in [0.15, 0.2) is 0 Å². The lowest BCUT2D eigenvalue weighted by molar-refractivity contribution is -0.110. The summed E-state index contributed by atoms with van der Waals surface area (Å²) < 4.78 is 0. The third kappa shape index (κ3) is 7.12. The standard InChI is InChI=1S/C35H36N4O4S/c1-21-31(37-23(3)32(21)35(43)36-18-27(40)20-44-19-24-10-6-4-7-11-24)17-29-28-16-26(14-15-30(28)39-34(29)42)33(41)38-22(2)25-12-8-5-9-13-25/h4-17,22,27,37,40H,18-20H2,1-3H3,(H,36,43)(H,38,41)(H,39,42)/b29-17-. The summed E-state index contributed by atoms with van der Waals surface area (Å²) in [6.45, 7) is 5.67. The van der Waals surface area contributed by atoms with Crippen molar-refractivity contribution in [3.8, 4) is 0 Å². The Morgan fingerprint density at radius 3 is 2.41 bits per heavy atom. The maximum atomic E-state index is 13.1. The highest BCUT2D eigenvalue weighted by atomic mass is 32.2. The fraction of sp³-hybridized carbons (Fsp3) is 0.229. The molecule has 0 aliphatic carbocycles. The molecule has 2 unspecified atom stereocenters. The van der Waals surface area contributed by atoms with Crippen LogP contribution in [0.4, 0.5) is 5.69 Å². The van der Waals surface area contributed by atoms with Crippen molar-refractivity contribution < 1.29 is 19.5 Å².